The summed E-state index contributed by atoms with van der Waals surface area (Å²) in [5.74, 6) is 0. The molecule has 0 aliphatic heterocycles. The van der Waals surface area contributed by atoms with E-state index in [9.17, 15) is 0 Å². The maximum atomic E-state index is 3.98. The number of unbranched alkanes of at least 4 members (excludes halogenated alkanes) is 10. The number of hydrogen-bond acceptors (Lipinski definition) is 4. The van der Waals surface area contributed by atoms with Gasteiger partial charge in [-0.25, -0.2) is 0 Å². The molecule has 38 heavy (non-hydrogen) atoms. The summed E-state index contributed by atoms with van der Waals surface area (Å²) < 4.78 is 5.46. The molecule has 4 aromatic heterocycles. The zero-order valence-electron chi connectivity index (χ0n) is 23.0. The van der Waals surface area contributed by atoms with Gasteiger partial charge < -0.3 is 0 Å². The van der Waals surface area contributed by atoms with Crippen molar-refractivity contribution < 1.29 is 0 Å². The minimum absolute atomic E-state index is 1.04. The van der Waals surface area contributed by atoms with Gasteiger partial charge in [-0.3, -0.25) is 0 Å². The Kier molecular flexibility index (Phi) is 13.4. The van der Waals surface area contributed by atoms with Gasteiger partial charge in [0, 0.05) is 51.0 Å². The van der Waals surface area contributed by atoms with Gasteiger partial charge >= 0.3 is 0 Å². The Balaban J connectivity index is 1.30. The molecule has 0 aromatic carbocycles. The zero-order chi connectivity index (χ0) is 26.7. The number of halogens is 2. The van der Waals surface area contributed by atoms with Crippen LogP contribution in [0, 0.1) is 0 Å². The van der Waals surface area contributed by atoms with E-state index in [2.05, 4.69) is 70.0 Å². The molecular formula is C32H42Br2S4. The SMILES string of the molecule is CCCCCCCCc1ccc(Cc2sc3c(Br)c(Cc4ccc(CCCCCCCC)s4)sc3c2Br)s1. The highest BCUT2D eigenvalue weighted by Crippen LogP contribution is 2.48. The molecule has 0 unspecified atom stereocenters. The van der Waals surface area contributed by atoms with Crippen LogP contribution in [0.2, 0.25) is 0 Å². The number of thiophene rings is 4. The molecule has 0 nitrogen and oxygen atoms in total. The van der Waals surface area contributed by atoms with Gasteiger partial charge in [-0.1, -0.05) is 78.1 Å². The molecule has 0 saturated heterocycles. The first-order chi connectivity index (χ1) is 18.6. The van der Waals surface area contributed by atoms with Crippen LogP contribution in [0.15, 0.2) is 33.2 Å². The van der Waals surface area contributed by atoms with Crippen LogP contribution in [0.3, 0.4) is 0 Å². The molecular weight excluding hydrogens is 672 g/mol. The zero-order valence-corrected chi connectivity index (χ0v) is 29.5. The van der Waals surface area contributed by atoms with Crippen molar-refractivity contribution >= 4 is 86.6 Å². The van der Waals surface area contributed by atoms with E-state index in [1.807, 2.05) is 45.3 Å². The lowest BCUT2D eigenvalue weighted by molar-refractivity contribution is 0.609. The average Bonchev–Trinajstić information content (AvgIpc) is 3.68. The van der Waals surface area contributed by atoms with Crippen molar-refractivity contribution in [3.05, 3.63) is 62.5 Å². The predicted molar refractivity (Wildman–Crippen MR) is 184 cm³/mol. The molecule has 4 rings (SSSR count). The van der Waals surface area contributed by atoms with Gasteiger partial charge in [-0.05, 0) is 81.8 Å². The van der Waals surface area contributed by atoms with E-state index in [1.165, 1.54) is 128 Å². The first-order valence-electron chi connectivity index (χ1n) is 14.6. The summed E-state index contributed by atoms with van der Waals surface area (Å²) in [5, 5.41) is 0. The summed E-state index contributed by atoms with van der Waals surface area (Å²) in [4.78, 5) is 9.02. The molecule has 0 atom stereocenters. The van der Waals surface area contributed by atoms with Crippen LogP contribution < -0.4 is 0 Å². The monoisotopic (exact) mass is 712 g/mol. The van der Waals surface area contributed by atoms with E-state index in [0.29, 0.717) is 0 Å². The summed E-state index contributed by atoms with van der Waals surface area (Å²) in [6, 6.07) is 9.45. The van der Waals surface area contributed by atoms with Crippen LogP contribution in [0.4, 0.5) is 0 Å². The Hall–Kier alpha value is 0.0200. The molecule has 6 heteroatoms. The highest BCUT2D eigenvalue weighted by atomic mass is 79.9. The van der Waals surface area contributed by atoms with Crippen molar-refractivity contribution in [3.63, 3.8) is 0 Å². The first kappa shape index (κ1) is 31.0. The van der Waals surface area contributed by atoms with Crippen LogP contribution >= 0.6 is 77.2 Å². The van der Waals surface area contributed by atoms with E-state index in [1.54, 1.807) is 9.75 Å². The van der Waals surface area contributed by atoms with Crippen molar-refractivity contribution in [2.45, 2.75) is 117 Å². The second kappa shape index (κ2) is 16.5. The molecule has 0 amide bonds. The van der Waals surface area contributed by atoms with Gasteiger partial charge in [0.05, 0.1) is 9.40 Å². The predicted octanol–water partition coefficient (Wildman–Crippen LogP) is 13.6. The van der Waals surface area contributed by atoms with Crippen LogP contribution in [0.25, 0.3) is 9.40 Å². The largest absolute Gasteiger partial charge is 0.145 e. The first-order valence-corrected chi connectivity index (χ1v) is 19.5. The Labute approximate surface area is 263 Å². The molecule has 0 saturated carbocycles. The Morgan fingerprint density at radius 1 is 0.474 bits per heavy atom. The fourth-order valence-electron chi connectivity index (χ4n) is 4.98. The van der Waals surface area contributed by atoms with Crippen molar-refractivity contribution in [1.82, 2.24) is 0 Å². The Morgan fingerprint density at radius 2 is 0.842 bits per heavy atom. The van der Waals surface area contributed by atoms with Crippen LogP contribution in [0.1, 0.15) is 120 Å². The van der Waals surface area contributed by atoms with Crippen LogP contribution in [0.5, 0.6) is 0 Å². The maximum Gasteiger partial charge on any atom is 0.0610 e. The van der Waals surface area contributed by atoms with Gasteiger partial charge in [-0.2, -0.15) is 0 Å². The highest BCUT2D eigenvalue weighted by Gasteiger charge is 2.19. The lowest BCUT2D eigenvalue weighted by atomic mass is 10.1. The molecule has 0 bridgehead atoms. The third kappa shape index (κ3) is 9.01. The normalized spacial score (nSPS) is 11.8. The highest BCUT2D eigenvalue weighted by molar-refractivity contribution is 9.11. The van der Waals surface area contributed by atoms with Crippen molar-refractivity contribution in [2.24, 2.45) is 0 Å². The molecule has 0 aliphatic rings. The molecule has 208 valence electrons. The number of fused-ring (bicyclic) bond motifs is 1. The number of aryl methyl sites for hydroxylation is 2. The number of rotatable bonds is 18. The van der Waals surface area contributed by atoms with E-state index >= 15 is 0 Å². The summed E-state index contributed by atoms with van der Waals surface area (Å²) in [5.41, 5.74) is 0. The van der Waals surface area contributed by atoms with Gasteiger partial charge in [-0.15, -0.1) is 45.3 Å². The maximum absolute atomic E-state index is 3.98. The minimum atomic E-state index is 1.04. The summed E-state index contributed by atoms with van der Waals surface area (Å²) >= 11 is 15.9. The van der Waals surface area contributed by atoms with E-state index in [-0.39, 0.29) is 0 Å². The van der Waals surface area contributed by atoms with E-state index < -0.39 is 0 Å². The molecule has 0 spiro atoms. The quantitative estimate of drug-likeness (QED) is 0.0900. The van der Waals surface area contributed by atoms with Gasteiger partial charge in [0.1, 0.15) is 0 Å². The third-order valence-electron chi connectivity index (χ3n) is 7.20. The second-order valence-corrected chi connectivity index (χ2v) is 16.8. The standard InChI is InChI=1S/C32H42Br2S4/c1-3-5-7-9-11-13-15-23-17-19-25(35-23)21-27-29(33)31-32(37-27)30(34)28(38-31)22-26-20-18-24(36-26)16-14-12-10-8-6-4-2/h17-20H,3-16,21-22H2,1-2H3. The van der Waals surface area contributed by atoms with Crippen molar-refractivity contribution in [2.75, 3.05) is 0 Å². The topological polar surface area (TPSA) is 0 Å². The molecule has 0 radical (unpaired) electrons. The lowest BCUT2D eigenvalue weighted by Gasteiger charge is -2.00. The Morgan fingerprint density at radius 3 is 1.26 bits per heavy atom. The molecule has 0 N–H and O–H groups in total. The van der Waals surface area contributed by atoms with E-state index in [0.717, 1.165) is 12.8 Å². The molecule has 4 heterocycles. The van der Waals surface area contributed by atoms with Crippen LogP contribution in [-0.4, -0.2) is 0 Å². The van der Waals surface area contributed by atoms with Gasteiger partial charge in [0.15, 0.2) is 0 Å². The fraction of sp³-hybridized carbons (Fsp3) is 0.562. The minimum Gasteiger partial charge on any atom is -0.145 e. The van der Waals surface area contributed by atoms with E-state index in [4.69, 9.17) is 0 Å². The smallest absolute Gasteiger partial charge is 0.0610 e. The summed E-state index contributed by atoms with van der Waals surface area (Å²) in [6.07, 6.45) is 21.1. The molecule has 0 aliphatic carbocycles. The fourth-order valence-corrected chi connectivity index (χ4v) is 11.7. The Bertz CT molecular complexity index is 1150. The van der Waals surface area contributed by atoms with Crippen molar-refractivity contribution in [1.29, 1.82) is 0 Å². The second-order valence-electron chi connectivity index (χ2n) is 10.5. The van der Waals surface area contributed by atoms with Gasteiger partial charge in [0.25, 0.3) is 0 Å². The molecule has 0 fully saturated rings. The third-order valence-corrected chi connectivity index (χ3v) is 14.8. The van der Waals surface area contributed by atoms with Crippen LogP contribution in [-0.2, 0) is 25.7 Å². The number of hydrogen-bond donors (Lipinski definition) is 0. The van der Waals surface area contributed by atoms with Crippen molar-refractivity contribution in [3.8, 4) is 0 Å². The lowest BCUT2D eigenvalue weighted by Crippen LogP contribution is -1.83. The average molecular weight is 715 g/mol. The summed E-state index contributed by atoms with van der Waals surface area (Å²) in [6.45, 7) is 4.58. The summed E-state index contributed by atoms with van der Waals surface area (Å²) in [7, 11) is 0. The van der Waals surface area contributed by atoms with Gasteiger partial charge in [0.2, 0.25) is 0 Å². The molecule has 4 aromatic rings.